The Labute approximate surface area is 216 Å². The van der Waals surface area contributed by atoms with Crippen LogP contribution < -0.4 is 0 Å². The molecule has 3 fully saturated rings. The minimum absolute atomic E-state index is 0.0151. The van der Waals surface area contributed by atoms with Gasteiger partial charge in [0.2, 0.25) is 0 Å². The highest BCUT2D eigenvalue weighted by molar-refractivity contribution is 5.76. The van der Waals surface area contributed by atoms with Crippen LogP contribution in [0.2, 0.25) is 0 Å². The molecule has 0 aromatic rings. The highest BCUT2D eigenvalue weighted by Gasteiger charge is 2.68. The lowest BCUT2D eigenvalue weighted by Crippen LogP contribution is -2.62. The Hall–Kier alpha value is -1.66. The van der Waals surface area contributed by atoms with Crippen LogP contribution in [0.3, 0.4) is 0 Å². The summed E-state index contributed by atoms with van der Waals surface area (Å²) in [5.74, 6) is -0.626. The normalized spacial score (nSPS) is 42.6. The molecule has 6 heteroatoms. The topological polar surface area (TPSA) is 104 Å². The maximum atomic E-state index is 13.1. The Morgan fingerprint density at radius 1 is 1.22 bits per heavy atom. The second kappa shape index (κ2) is 9.90. The summed E-state index contributed by atoms with van der Waals surface area (Å²) in [6, 6.07) is 0. The van der Waals surface area contributed by atoms with Gasteiger partial charge < -0.3 is 20.1 Å². The molecule has 0 unspecified atom stereocenters. The van der Waals surface area contributed by atoms with E-state index in [1.807, 2.05) is 6.92 Å². The molecule has 0 bridgehead atoms. The van der Waals surface area contributed by atoms with Crippen molar-refractivity contribution in [3.8, 4) is 0 Å². The van der Waals surface area contributed by atoms with Gasteiger partial charge in [0.15, 0.2) is 0 Å². The number of carbonyl (C=O) groups is 2. The Bertz CT molecular complexity index is 922. The Morgan fingerprint density at radius 2 is 1.92 bits per heavy atom. The molecule has 0 saturated heterocycles. The number of esters is 1. The molecule has 202 valence electrons. The fourth-order valence-electron chi connectivity index (χ4n) is 8.91. The number of allylic oxidation sites excluding steroid dienone is 2. The molecule has 10 atom stereocenters. The van der Waals surface area contributed by atoms with Gasteiger partial charge in [-0.1, -0.05) is 51.5 Å². The van der Waals surface area contributed by atoms with Crippen molar-refractivity contribution >= 4 is 11.9 Å². The van der Waals surface area contributed by atoms with E-state index >= 15 is 0 Å². The molecular weight excluding hydrogens is 456 g/mol. The number of carbonyl (C=O) groups excluding carboxylic acids is 1. The van der Waals surface area contributed by atoms with E-state index in [4.69, 9.17) is 4.74 Å². The number of fused-ring (bicyclic) bond motifs is 5. The third kappa shape index (κ3) is 4.26. The summed E-state index contributed by atoms with van der Waals surface area (Å²) in [6.45, 7) is 14.1. The van der Waals surface area contributed by atoms with E-state index in [9.17, 15) is 24.9 Å². The van der Waals surface area contributed by atoms with Crippen molar-refractivity contribution in [2.75, 3.05) is 0 Å². The summed E-state index contributed by atoms with van der Waals surface area (Å²) in [7, 11) is 0. The largest absolute Gasteiger partial charge is 0.481 e. The standard InChI is InChI=1S/C30H46O6/c1-16(2)17(3)7-8-18(4)23-11-12-24-22-10-9-20-13-21(36-19(5)31)14-26(33)29(20,6)27(22)25(32)15-30(23,24)28(34)35/h9,16,18,21-27,32-33H,3,7-8,10-15H2,1-2,4-6H3,(H,34,35)/t18-,21-,22+,23-,24+,25-,26+,27-,29-,30+/m1/s1. The lowest BCUT2D eigenvalue weighted by molar-refractivity contribution is -0.189. The summed E-state index contributed by atoms with van der Waals surface area (Å²) in [5.41, 5.74) is 0.690. The number of hydrogen-bond donors (Lipinski definition) is 3. The van der Waals surface area contributed by atoms with Crippen molar-refractivity contribution in [1.29, 1.82) is 0 Å². The SMILES string of the molecule is C=C(CC[C@@H](C)[C@H]1CC[C@H]2[C@@H]3CC=C4C[C@@H](OC(C)=O)C[C@H](O)[C@]4(C)[C@H]3[C@H](O)C[C@]12C(=O)O)C(C)C. The van der Waals surface area contributed by atoms with Gasteiger partial charge in [-0.2, -0.15) is 0 Å². The van der Waals surface area contributed by atoms with Crippen LogP contribution in [-0.2, 0) is 14.3 Å². The second-order valence-electron chi connectivity index (χ2n) is 12.9. The van der Waals surface area contributed by atoms with Crippen LogP contribution >= 0.6 is 0 Å². The number of aliphatic carboxylic acids is 1. The molecule has 0 aliphatic heterocycles. The molecule has 0 amide bonds. The molecule has 0 spiro atoms. The van der Waals surface area contributed by atoms with Gasteiger partial charge in [0.25, 0.3) is 0 Å². The first-order valence-corrected chi connectivity index (χ1v) is 14.0. The average molecular weight is 503 g/mol. The van der Waals surface area contributed by atoms with E-state index in [0.717, 1.165) is 31.3 Å². The van der Waals surface area contributed by atoms with Gasteiger partial charge in [-0.05, 0) is 74.0 Å². The van der Waals surface area contributed by atoms with Crippen LogP contribution in [0, 0.1) is 46.3 Å². The summed E-state index contributed by atoms with van der Waals surface area (Å²) in [5, 5.41) is 33.8. The van der Waals surface area contributed by atoms with E-state index in [-0.39, 0.29) is 48.1 Å². The fourth-order valence-corrected chi connectivity index (χ4v) is 8.91. The summed E-state index contributed by atoms with van der Waals surface area (Å²) in [4.78, 5) is 24.6. The van der Waals surface area contributed by atoms with Crippen molar-refractivity contribution in [3.63, 3.8) is 0 Å². The molecule has 36 heavy (non-hydrogen) atoms. The summed E-state index contributed by atoms with van der Waals surface area (Å²) >= 11 is 0. The first-order chi connectivity index (χ1) is 16.8. The quantitative estimate of drug-likeness (QED) is 0.329. The summed E-state index contributed by atoms with van der Waals surface area (Å²) < 4.78 is 5.44. The third-order valence-electron chi connectivity index (χ3n) is 10.9. The number of ether oxygens (including phenoxy) is 1. The first kappa shape index (κ1) is 27.4. The smallest absolute Gasteiger partial charge is 0.310 e. The van der Waals surface area contributed by atoms with Gasteiger partial charge in [0.05, 0.1) is 17.6 Å². The highest BCUT2D eigenvalue weighted by atomic mass is 16.5. The zero-order valence-corrected chi connectivity index (χ0v) is 22.7. The van der Waals surface area contributed by atoms with Crippen LogP contribution in [0.5, 0.6) is 0 Å². The average Bonchev–Trinajstić information content (AvgIpc) is 3.18. The second-order valence-corrected chi connectivity index (χ2v) is 12.9. The van der Waals surface area contributed by atoms with Gasteiger partial charge in [-0.15, -0.1) is 0 Å². The van der Waals surface area contributed by atoms with Gasteiger partial charge in [-0.3, -0.25) is 9.59 Å². The van der Waals surface area contributed by atoms with Crippen LogP contribution in [0.25, 0.3) is 0 Å². The third-order valence-corrected chi connectivity index (χ3v) is 10.9. The zero-order valence-electron chi connectivity index (χ0n) is 22.7. The van der Waals surface area contributed by atoms with E-state index in [2.05, 4.69) is 33.4 Å². The number of rotatable bonds is 7. The molecule has 4 aliphatic carbocycles. The van der Waals surface area contributed by atoms with Gasteiger partial charge in [0, 0.05) is 25.2 Å². The molecule has 3 N–H and O–H groups in total. The molecule has 0 heterocycles. The number of carboxylic acid groups (broad SMARTS) is 1. The van der Waals surface area contributed by atoms with E-state index in [1.54, 1.807) is 0 Å². The molecule has 0 aromatic heterocycles. The minimum Gasteiger partial charge on any atom is -0.481 e. The lowest BCUT2D eigenvalue weighted by Gasteiger charge is -2.60. The number of aliphatic hydroxyl groups excluding tert-OH is 2. The van der Waals surface area contributed by atoms with Crippen LogP contribution in [0.4, 0.5) is 0 Å². The highest BCUT2D eigenvalue weighted by Crippen LogP contribution is 2.67. The molecule has 0 radical (unpaired) electrons. The monoisotopic (exact) mass is 502 g/mol. The van der Waals surface area contributed by atoms with Crippen molar-refractivity contribution in [2.45, 2.75) is 104 Å². The van der Waals surface area contributed by atoms with Crippen molar-refractivity contribution in [3.05, 3.63) is 23.8 Å². The number of carboxylic acids is 1. The van der Waals surface area contributed by atoms with Gasteiger partial charge >= 0.3 is 11.9 Å². The van der Waals surface area contributed by atoms with E-state index in [1.165, 1.54) is 12.5 Å². The molecule has 0 aromatic carbocycles. The lowest BCUT2D eigenvalue weighted by atomic mass is 9.45. The first-order valence-electron chi connectivity index (χ1n) is 14.0. The summed E-state index contributed by atoms with van der Waals surface area (Å²) in [6.07, 6.45) is 5.67. The van der Waals surface area contributed by atoms with Crippen LogP contribution in [0.15, 0.2) is 23.8 Å². The Balaban J connectivity index is 1.63. The number of aliphatic hydroxyl groups is 2. The van der Waals surface area contributed by atoms with Gasteiger partial charge in [0.1, 0.15) is 6.10 Å². The molecule has 6 nitrogen and oxygen atoms in total. The number of hydrogen-bond acceptors (Lipinski definition) is 5. The van der Waals surface area contributed by atoms with E-state index < -0.39 is 29.0 Å². The van der Waals surface area contributed by atoms with Crippen molar-refractivity contribution in [2.24, 2.45) is 46.3 Å². The molecular formula is C30H46O6. The van der Waals surface area contributed by atoms with Crippen LogP contribution in [-0.4, -0.2) is 45.6 Å². The molecule has 4 aliphatic rings. The van der Waals surface area contributed by atoms with Gasteiger partial charge in [-0.25, -0.2) is 0 Å². The Kier molecular flexibility index (Phi) is 7.53. The maximum Gasteiger partial charge on any atom is 0.310 e. The van der Waals surface area contributed by atoms with Crippen molar-refractivity contribution in [1.82, 2.24) is 0 Å². The maximum absolute atomic E-state index is 13.1. The predicted octanol–water partition coefficient (Wildman–Crippen LogP) is 5.13. The molecule has 3 saturated carbocycles. The molecule has 4 rings (SSSR count). The minimum atomic E-state index is -0.930. The predicted molar refractivity (Wildman–Crippen MR) is 138 cm³/mol. The van der Waals surface area contributed by atoms with Crippen LogP contribution in [0.1, 0.15) is 86.0 Å². The zero-order chi connectivity index (χ0) is 26.6. The van der Waals surface area contributed by atoms with E-state index in [0.29, 0.717) is 25.2 Å². The van der Waals surface area contributed by atoms with Crippen molar-refractivity contribution < 1.29 is 29.6 Å². The Morgan fingerprint density at radius 3 is 2.53 bits per heavy atom. The fraction of sp³-hybridized carbons (Fsp3) is 0.800.